The van der Waals surface area contributed by atoms with E-state index in [-0.39, 0.29) is 18.0 Å². The first-order chi connectivity index (χ1) is 15.4. The Morgan fingerprint density at radius 1 is 1.16 bits per heavy atom. The van der Waals surface area contributed by atoms with Gasteiger partial charge in [-0.15, -0.1) is 0 Å². The van der Waals surface area contributed by atoms with E-state index in [1.807, 2.05) is 28.9 Å². The van der Waals surface area contributed by atoms with E-state index in [1.165, 1.54) is 0 Å². The number of piperazine rings is 1. The Hall–Kier alpha value is -2.91. The summed E-state index contributed by atoms with van der Waals surface area (Å²) in [7, 11) is 0. The molecule has 0 bridgehead atoms. The van der Waals surface area contributed by atoms with Gasteiger partial charge < -0.3 is 26.2 Å². The summed E-state index contributed by atoms with van der Waals surface area (Å²) in [4.78, 5) is 27.1. The van der Waals surface area contributed by atoms with Gasteiger partial charge in [0, 0.05) is 74.7 Å². The zero-order chi connectivity index (χ0) is 22.7. The van der Waals surface area contributed by atoms with E-state index >= 15 is 0 Å². The lowest BCUT2D eigenvalue weighted by atomic mass is 9.97. The van der Waals surface area contributed by atoms with Gasteiger partial charge in [0.2, 0.25) is 0 Å². The van der Waals surface area contributed by atoms with Crippen LogP contribution in [0.25, 0.3) is 0 Å². The first-order valence-corrected chi connectivity index (χ1v) is 11.4. The van der Waals surface area contributed by atoms with Crippen LogP contribution in [0.4, 0.5) is 10.5 Å². The lowest BCUT2D eigenvalue weighted by molar-refractivity contribution is 0.0943. The van der Waals surface area contributed by atoms with Crippen LogP contribution in [0.5, 0.6) is 0 Å². The summed E-state index contributed by atoms with van der Waals surface area (Å²) in [6.07, 6.45) is 0. The van der Waals surface area contributed by atoms with Crippen LogP contribution in [0, 0.1) is 0 Å². The lowest BCUT2D eigenvalue weighted by Gasteiger charge is -2.27. The van der Waals surface area contributed by atoms with Gasteiger partial charge in [-0.25, -0.2) is 4.79 Å². The third kappa shape index (κ3) is 4.78. The number of hydrogen-bond donors (Lipinski definition) is 4. The van der Waals surface area contributed by atoms with E-state index in [0.29, 0.717) is 37.8 Å². The molecule has 4 rings (SSSR count). The van der Waals surface area contributed by atoms with Gasteiger partial charge in [-0.3, -0.25) is 9.48 Å². The number of rotatable bonds is 5. The summed E-state index contributed by atoms with van der Waals surface area (Å²) in [6, 6.07) is 7.68. The number of amides is 3. The molecule has 9 nitrogen and oxygen atoms in total. The molecule has 3 heterocycles. The molecule has 2 aromatic rings. The van der Waals surface area contributed by atoms with Crippen molar-refractivity contribution in [2.24, 2.45) is 0 Å². The van der Waals surface area contributed by atoms with Crippen molar-refractivity contribution >= 4 is 17.6 Å². The second-order valence-corrected chi connectivity index (χ2v) is 8.83. The van der Waals surface area contributed by atoms with Crippen molar-refractivity contribution in [3.8, 4) is 0 Å². The van der Waals surface area contributed by atoms with Crippen LogP contribution in [0.15, 0.2) is 24.3 Å². The molecule has 1 unspecified atom stereocenters. The quantitative estimate of drug-likeness (QED) is 0.571. The molecule has 1 aromatic carbocycles. The van der Waals surface area contributed by atoms with Gasteiger partial charge in [0.05, 0.1) is 0 Å². The highest BCUT2D eigenvalue weighted by atomic mass is 16.2. The zero-order valence-electron chi connectivity index (χ0n) is 19.1. The van der Waals surface area contributed by atoms with Crippen LogP contribution in [0.1, 0.15) is 60.0 Å². The Bertz CT molecular complexity index is 961. The van der Waals surface area contributed by atoms with Crippen LogP contribution in [-0.2, 0) is 13.1 Å². The number of fused-ring (bicyclic) bond motifs is 1. The Balaban J connectivity index is 1.37. The van der Waals surface area contributed by atoms with E-state index in [0.717, 1.165) is 42.1 Å². The summed E-state index contributed by atoms with van der Waals surface area (Å²) < 4.78 is 1.99. The summed E-state index contributed by atoms with van der Waals surface area (Å²) in [5, 5.41) is 17.2. The highest BCUT2D eigenvalue weighted by Gasteiger charge is 2.29. The maximum absolute atomic E-state index is 12.9. The van der Waals surface area contributed by atoms with Crippen molar-refractivity contribution < 1.29 is 9.59 Å². The Labute approximate surface area is 188 Å². The van der Waals surface area contributed by atoms with Gasteiger partial charge in [-0.05, 0) is 31.5 Å². The topological polar surface area (TPSA) is 103 Å². The maximum atomic E-state index is 12.9. The van der Waals surface area contributed by atoms with Crippen molar-refractivity contribution in [3.05, 3.63) is 46.8 Å². The highest BCUT2D eigenvalue weighted by Crippen LogP contribution is 2.28. The molecule has 9 heteroatoms. The van der Waals surface area contributed by atoms with Crippen molar-refractivity contribution in [3.63, 3.8) is 0 Å². The van der Waals surface area contributed by atoms with E-state index in [1.54, 1.807) is 4.90 Å². The van der Waals surface area contributed by atoms with Gasteiger partial charge >= 0.3 is 6.03 Å². The Morgan fingerprint density at radius 2 is 1.88 bits per heavy atom. The van der Waals surface area contributed by atoms with Crippen LogP contribution < -0.4 is 21.3 Å². The maximum Gasteiger partial charge on any atom is 0.321 e. The van der Waals surface area contributed by atoms with Crippen molar-refractivity contribution in [2.75, 3.05) is 38.0 Å². The number of urea groups is 1. The van der Waals surface area contributed by atoms with Crippen molar-refractivity contribution in [1.29, 1.82) is 0 Å². The smallest absolute Gasteiger partial charge is 0.321 e. The van der Waals surface area contributed by atoms with Crippen LogP contribution in [0.2, 0.25) is 0 Å². The number of anilines is 1. The van der Waals surface area contributed by atoms with Gasteiger partial charge in [0.15, 0.2) is 5.69 Å². The molecule has 0 aliphatic carbocycles. The number of nitrogens with one attached hydrogen (secondary N) is 4. The predicted molar refractivity (Wildman–Crippen MR) is 124 cm³/mol. The molecule has 1 saturated heterocycles. The molecule has 1 aromatic heterocycles. The summed E-state index contributed by atoms with van der Waals surface area (Å²) in [5.74, 6) is 0.159. The van der Waals surface area contributed by atoms with Gasteiger partial charge in [-0.1, -0.05) is 19.1 Å². The van der Waals surface area contributed by atoms with Crippen LogP contribution >= 0.6 is 0 Å². The Morgan fingerprint density at radius 3 is 2.56 bits per heavy atom. The molecule has 172 valence electrons. The molecule has 3 amide bonds. The molecular formula is C23H33N7O2. The third-order valence-corrected chi connectivity index (χ3v) is 6.04. The summed E-state index contributed by atoms with van der Waals surface area (Å²) in [5.41, 5.74) is 4.37. The first-order valence-electron chi connectivity index (χ1n) is 11.4. The van der Waals surface area contributed by atoms with E-state index in [2.05, 4.69) is 47.1 Å². The minimum atomic E-state index is -0.160. The summed E-state index contributed by atoms with van der Waals surface area (Å²) in [6.45, 7) is 11.4. The fraction of sp³-hybridized carbons (Fsp3) is 0.522. The SMILES string of the molecule is CC1CNCc2c(C(=O)NCc3ccc(NC(=O)N4CCNCC4)cc3)nn(C(C)C)c21. The monoisotopic (exact) mass is 439 g/mol. The van der Waals surface area contributed by atoms with Gasteiger partial charge in [0.25, 0.3) is 5.91 Å². The van der Waals surface area contributed by atoms with E-state index < -0.39 is 0 Å². The predicted octanol–water partition coefficient (Wildman–Crippen LogP) is 2.04. The number of benzene rings is 1. The van der Waals surface area contributed by atoms with Crippen molar-refractivity contribution in [1.82, 2.24) is 30.6 Å². The van der Waals surface area contributed by atoms with Crippen LogP contribution in [0.3, 0.4) is 0 Å². The minimum absolute atomic E-state index is 0.0825. The second kappa shape index (κ2) is 9.70. The standard InChI is InChI=1S/C23H33N7O2/c1-15(2)30-21-16(3)12-25-14-19(21)20(28-30)22(31)26-13-17-4-6-18(7-5-17)27-23(32)29-10-8-24-9-11-29/h4-7,15-16,24-25H,8-14H2,1-3H3,(H,26,31)(H,27,32). The fourth-order valence-corrected chi connectivity index (χ4v) is 4.31. The van der Waals surface area contributed by atoms with Crippen molar-refractivity contribution in [2.45, 2.75) is 45.8 Å². The zero-order valence-corrected chi connectivity index (χ0v) is 19.1. The average molecular weight is 440 g/mol. The Kier molecular flexibility index (Phi) is 6.76. The second-order valence-electron chi connectivity index (χ2n) is 8.83. The summed E-state index contributed by atoms with van der Waals surface area (Å²) >= 11 is 0. The van der Waals surface area contributed by atoms with Gasteiger partial charge in [0.1, 0.15) is 0 Å². The molecule has 0 spiro atoms. The molecule has 0 radical (unpaired) electrons. The molecule has 1 atom stereocenters. The number of hydrogen-bond acceptors (Lipinski definition) is 5. The molecule has 32 heavy (non-hydrogen) atoms. The van der Waals surface area contributed by atoms with E-state index in [4.69, 9.17) is 0 Å². The first kappa shape index (κ1) is 22.3. The molecule has 2 aliphatic heterocycles. The normalized spacial score (nSPS) is 18.4. The average Bonchev–Trinajstić information content (AvgIpc) is 3.20. The largest absolute Gasteiger partial charge is 0.347 e. The number of carbonyl (C=O) groups is 2. The van der Waals surface area contributed by atoms with E-state index in [9.17, 15) is 9.59 Å². The number of carbonyl (C=O) groups excluding carboxylic acids is 2. The third-order valence-electron chi connectivity index (χ3n) is 6.04. The van der Waals surface area contributed by atoms with Gasteiger partial charge in [-0.2, -0.15) is 5.10 Å². The number of aromatic nitrogens is 2. The molecular weight excluding hydrogens is 406 g/mol. The highest BCUT2D eigenvalue weighted by molar-refractivity contribution is 5.94. The molecule has 2 aliphatic rings. The fourth-order valence-electron chi connectivity index (χ4n) is 4.31. The minimum Gasteiger partial charge on any atom is -0.347 e. The molecule has 1 fully saturated rings. The molecule has 4 N–H and O–H groups in total. The van der Waals surface area contributed by atoms with Crippen LogP contribution in [-0.4, -0.2) is 59.3 Å². The lowest BCUT2D eigenvalue weighted by Crippen LogP contribution is -2.48. The number of nitrogens with zero attached hydrogens (tertiary/aromatic N) is 3. The molecule has 0 saturated carbocycles.